The molecule has 3 rings (SSSR count). The lowest BCUT2D eigenvalue weighted by Crippen LogP contribution is -2.56. The normalized spacial score (nSPS) is 29.0. The third kappa shape index (κ3) is 5.47. The predicted molar refractivity (Wildman–Crippen MR) is 108 cm³/mol. The molecule has 0 aromatic carbocycles. The summed E-state index contributed by atoms with van der Waals surface area (Å²) in [7, 11) is 0. The Morgan fingerprint density at radius 3 is 2.29 bits per heavy atom. The van der Waals surface area contributed by atoms with Crippen molar-refractivity contribution in [3.63, 3.8) is 0 Å². The molecule has 0 unspecified atom stereocenters. The summed E-state index contributed by atoms with van der Waals surface area (Å²) in [5.41, 5.74) is 4.70. The largest absolute Gasteiger partial charge is 0.369 e. The van der Waals surface area contributed by atoms with E-state index in [4.69, 9.17) is 5.73 Å². The molecule has 1 saturated heterocycles. The van der Waals surface area contributed by atoms with E-state index in [0.29, 0.717) is 24.8 Å². The lowest BCUT2D eigenvalue weighted by molar-refractivity contribution is -0.123. The van der Waals surface area contributed by atoms with E-state index in [-0.39, 0.29) is 17.7 Å². The standard InChI is InChI=1S/C22H35N4O2/c23-16-22(25-20(27)11-6-17-4-2-1-3-5-17)12-14-26(15-13-22)19-9-7-18(8-10-19)21(24)28/h11,17-19H,1-10,12-15H2,(H2,24,28)(H,25,27). The van der Waals surface area contributed by atoms with Gasteiger partial charge in [-0.15, -0.1) is 0 Å². The highest BCUT2D eigenvalue weighted by atomic mass is 16.2. The van der Waals surface area contributed by atoms with Crippen LogP contribution in [0.4, 0.5) is 0 Å². The number of piperidine rings is 1. The second kappa shape index (κ2) is 9.73. The zero-order chi connectivity index (χ0) is 20.0. The number of nitrogens with two attached hydrogens (primary N) is 1. The van der Waals surface area contributed by atoms with Crippen molar-refractivity contribution in [1.82, 2.24) is 10.2 Å². The third-order valence-corrected chi connectivity index (χ3v) is 7.20. The van der Waals surface area contributed by atoms with Crippen LogP contribution in [0.5, 0.6) is 0 Å². The molecule has 0 bridgehead atoms. The van der Waals surface area contributed by atoms with Crippen LogP contribution in [-0.2, 0) is 9.59 Å². The van der Waals surface area contributed by atoms with Crippen LogP contribution in [0, 0.1) is 29.6 Å². The molecule has 0 aromatic rings. The van der Waals surface area contributed by atoms with Gasteiger partial charge in [0.1, 0.15) is 5.54 Å². The molecule has 3 fully saturated rings. The van der Waals surface area contributed by atoms with Crippen molar-refractivity contribution in [3.05, 3.63) is 6.42 Å². The van der Waals surface area contributed by atoms with Gasteiger partial charge in [-0.1, -0.05) is 32.1 Å². The first-order chi connectivity index (χ1) is 13.5. The van der Waals surface area contributed by atoms with Crippen LogP contribution in [-0.4, -0.2) is 41.4 Å². The molecule has 0 spiro atoms. The van der Waals surface area contributed by atoms with Crippen LogP contribution >= 0.6 is 0 Å². The average molecular weight is 388 g/mol. The van der Waals surface area contributed by atoms with Gasteiger partial charge in [0, 0.05) is 31.5 Å². The number of hydrogen-bond acceptors (Lipinski definition) is 4. The highest BCUT2D eigenvalue weighted by Gasteiger charge is 2.39. The van der Waals surface area contributed by atoms with Crippen LogP contribution in [0.2, 0.25) is 0 Å². The molecule has 28 heavy (non-hydrogen) atoms. The molecule has 1 heterocycles. The smallest absolute Gasteiger partial charge is 0.225 e. The van der Waals surface area contributed by atoms with Gasteiger partial charge < -0.3 is 16.0 Å². The van der Waals surface area contributed by atoms with Gasteiger partial charge in [0.25, 0.3) is 0 Å². The molecule has 6 heteroatoms. The van der Waals surface area contributed by atoms with Crippen molar-refractivity contribution in [2.24, 2.45) is 17.6 Å². The Labute approximate surface area is 169 Å². The molecule has 2 aliphatic carbocycles. The fourth-order valence-corrected chi connectivity index (χ4v) is 5.24. The average Bonchev–Trinajstić information content (AvgIpc) is 2.73. The molecule has 0 atom stereocenters. The minimum atomic E-state index is -0.735. The number of likely N-dealkylation sites (tertiary alicyclic amines) is 1. The van der Waals surface area contributed by atoms with Crippen LogP contribution < -0.4 is 11.1 Å². The minimum Gasteiger partial charge on any atom is -0.369 e. The van der Waals surface area contributed by atoms with Gasteiger partial charge in [-0.05, 0) is 50.9 Å². The summed E-state index contributed by atoms with van der Waals surface area (Å²) in [6.45, 7) is 1.64. The van der Waals surface area contributed by atoms with Crippen molar-refractivity contribution in [2.45, 2.75) is 88.6 Å². The second-order valence-electron chi connectivity index (χ2n) is 9.07. The number of hydrogen-bond donors (Lipinski definition) is 2. The van der Waals surface area contributed by atoms with Crippen molar-refractivity contribution in [2.75, 3.05) is 13.1 Å². The Kier molecular flexibility index (Phi) is 7.34. The fraction of sp³-hybridized carbons (Fsp3) is 0.818. The zero-order valence-electron chi connectivity index (χ0n) is 17.0. The maximum atomic E-state index is 12.4. The molecule has 1 aliphatic heterocycles. The summed E-state index contributed by atoms with van der Waals surface area (Å²) < 4.78 is 0. The maximum absolute atomic E-state index is 12.4. The number of nitrogens with zero attached hydrogens (tertiary/aromatic N) is 2. The molecule has 2 amide bonds. The second-order valence-corrected chi connectivity index (χ2v) is 9.07. The number of carbonyl (C=O) groups is 2. The number of primary amides is 1. The molecule has 6 nitrogen and oxygen atoms in total. The number of carbonyl (C=O) groups excluding carboxylic acids is 2. The van der Waals surface area contributed by atoms with Crippen LogP contribution in [0.25, 0.3) is 0 Å². The van der Waals surface area contributed by atoms with E-state index in [1.165, 1.54) is 32.1 Å². The minimum absolute atomic E-state index is 0.0261. The summed E-state index contributed by atoms with van der Waals surface area (Å²) in [6, 6.07) is 2.86. The summed E-state index contributed by atoms with van der Waals surface area (Å²) in [6.07, 6.45) is 14.0. The Morgan fingerprint density at radius 2 is 1.71 bits per heavy atom. The first kappa shape index (κ1) is 21.1. The molecular weight excluding hydrogens is 352 g/mol. The van der Waals surface area contributed by atoms with Crippen molar-refractivity contribution < 1.29 is 9.59 Å². The van der Waals surface area contributed by atoms with Crippen LogP contribution in [0.3, 0.4) is 0 Å². The lowest BCUT2D eigenvalue weighted by atomic mass is 9.82. The Hall–Kier alpha value is -1.61. The Balaban J connectivity index is 1.42. The highest BCUT2D eigenvalue weighted by Crippen LogP contribution is 2.32. The highest BCUT2D eigenvalue weighted by molar-refractivity contribution is 5.85. The van der Waals surface area contributed by atoms with Crippen molar-refractivity contribution >= 4 is 11.8 Å². The molecule has 1 radical (unpaired) electrons. The van der Waals surface area contributed by atoms with Gasteiger partial charge in [-0.3, -0.25) is 9.59 Å². The van der Waals surface area contributed by atoms with Gasteiger partial charge in [0.15, 0.2) is 0 Å². The summed E-state index contributed by atoms with van der Waals surface area (Å²) in [4.78, 5) is 26.2. The number of nitrogens with one attached hydrogen (secondary N) is 1. The number of amides is 2. The van der Waals surface area contributed by atoms with Crippen molar-refractivity contribution in [3.8, 4) is 6.07 Å². The molecule has 2 saturated carbocycles. The van der Waals surface area contributed by atoms with E-state index in [0.717, 1.165) is 45.2 Å². The van der Waals surface area contributed by atoms with E-state index < -0.39 is 5.54 Å². The van der Waals surface area contributed by atoms with E-state index >= 15 is 0 Å². The SMILES string of the molecule is N#CC1(NC(=O)[CH]CC2CCCCC2)CCN(C2CCC(C(N)=O)CC2)CC1. The summed E-state index contributed by atoms with van der Waals surface area (Å²) in [5, 5.41) is 12.8. The predicted octanol–water partition coefficient (Wildman–Crippen LogP) is 2.68. The third-order valence-electron chi connectivity index (χ3n) is 7.20. The first-order valence-electron chi connectivity index (χ1n) is 11.1. The van der Waals surface area contributed by atoms with Crippen LogP contribution in [0.15, 0.2) is 0 Å². The monoisotopic (exact) mass is 387 g/mol. The van der Waals surface area contributed by atoms with E-state index in [2.05, 4.69) is 16.3 Å². The van der Waals surface area contributed by atoms with Gasteiger partial charge in [0.2, 0.25) is 11.8 Å². The number of nitriles is 1. The fourth-order valence-electron chi connectivity index (χ4n) is 5.24. The van der Waals surface area contributed by atoms with Gasteiger partial charge in [0.05, 0.1) is 6.07 Å². The van der Waals surface area contributed by atoms with E-state index in [1.54, 1.807) is 6.42 Å². The quantitative estimate of drug-likeness (QED) is 0.732. The van der Waals surface area contributed by atoms with E-state index in [9.17, 15) is 14.9 Å². The Bertz CT molecular complexity index is 578. The lowest BCUT2D eigenvalue weighted by Gasteiger charge is -2.43. The topological polar surface area (TPSA) is 99.2 Å². The van der Waals surface area contributed by atoms with Gasteiger partial charge in [-0.2, -0.15) is 5.26 Å². The summed E-state index contributed by atoms with van der Waals surface area (Å²) in [5.74, 6) is 0.406. The van der Waals surface area contributed by atoms with Crippen LogP contribution in [0.1, 0.15) is 77.0 Å². The molecular formula is C22H35N4O2. The Morgan fingerprint density at radius 1 is 1.07 bits per heavy atom. The maximum Gasteiger partial charge on any atom is 0.225 e. The molecule has 0 aromatic heterocycles. The molecule has 155 valence electrons. The van der Waals surface area contributed by atoms with E-state index in [1.807, 2.05) is 0 Å². The molecule has 3 aliphatic rings. The van der Waals surface area contributed by atoms with Crippen molar-refractivity contribution in [1.29, 1.82) is 5.26 Å². The van der Waals surface area contributed by atoms with Gasteiger partial charge >= 0.3 is 0 Å². The zero-order valence-corrected chi connectivity index (χ0v) is 17.0. The number of rotatable bonds is 6. The first-order valence-corrected chi connectivity index (χ1v) is 11.1. The molecule has 3 N–H and O–H groups in total. The van der Waals surface area contributed by atoms with Gasteiger partial charge in [-0.25, -0.2) is 0 Å². The summed E-state index contributed by atoms with van der Waals surface area (Å²) >= 11 is 0.